The Morgan fingerprint density at radius 2 is 1.65 bits per heavy atom. The fourth-order valence-electron chi connectivity index (χ4n) is 4.10. The Balaban J connectivity index is 1.66. The first-order valence-electron chi connectivity index (χ1n) is 9.22. The van der Waals surface area contributed by atoms with Crippen molar-refractivity contribution in [1.29, 1.82) is 0 Å². The number of ether oxygens (including phenoxy) is 2. The quantitative estimate of drug-likeness (QED) is 0.786. The van der Waals surface area contributed by atoms with E-state index in [9.17, 15) is 0 Å². The van der Waals surface area contributed by atoms with Crippen molar-refractivity contribution in [3.63, 3.8) is 0 Å². The zero-order chi connectivity index (χ0) is 17.3. The van der Waals surface area contributed by atoms with E-state index in [1.807, 2.05) is 6.07 Å². The van der Waals surface area contributed by atoms with Crippen LogP contribution in [-0.4, -0.2) is 37.9 Å². The maximum absolute atomic E-state index is 5.65. The Morgan fingerprint density at radius 1 is 0.846 bits per heavy atom. The van der Waals surface area contributed by atoms with Gasteiger partial charge in [-0.05, 0) is 34.0 Å². The number of hydrogen-bond donors (Lipinski definition) is 1. The highest BCUT2D eigenvalue weighted by Gasteiger charge is 2.27. The van der Waals surface area contributed by atoms with Gasteiger partial charge in [-0.25, -0.2) is 0 Å². The predicted octanol–water partition coefficient (Wildman–Crippen LogP) is 3.56. The number of piperazine rings is 1. The van der Waals surface area contributed by atoms with Crippen molar-refractivity contribution in [1.82, 2.24) is 10.2 Å². The van der Waals surface area contributed by atoms with Gasteiger partial charge in [0.1, 0.15) is 0 Å². The van der Waals surface area contributed by atoms with E-state index in [1.165, 1.54) is 21.9 Å². The molecule has 1 N–H and O–H groups in total. The molecule has 4 nitrogen and oxygen atoms in total. The van der Waals surface area contributed by atoms with Gasteiger partial charge >= 0.3 is 0 Å². The molecule has 1 saturated heterocycles. The van der Waals surface area contributed by atoms with Crippen LogP contribution in [0, 0.1) is 0 Å². The summed E-state index contributed by atoms with van der Waals surface area (Å²) >= 11 is 0. The van der Waals surface area contributed by atoms with Gasteiger partial charge in [0.2, 0.25) is 6.79 Å². The lowest BCUT2D eigenvalue weighted by molar-refractivity contribution is 0.173. The summed E-state index contributed by atoms with van der Waals surface area (Å²) in [5, 5.41) is 6.06. The highest BCUT2D eigenvalue weighted by Crippen LogP contribution is 2.39. The summed E-state index contributed by atoms with van der Waals surface area (Å²) in [5.74, 6) is 1.69. The Hall–Kier alpha value is -2.56. The minimum absolute atomic E-state index is 0.206. The molecule has 0 aromatic heterocycles. The van der Waals surface area contributed by atoms with Gasteiger partial charge in [-0.15, -0.1) is 0 Å². The molecule has 1 unspecified atom stereocenters. The lowest BCUT2D eigenvalue weighted by Gasteiger charge is -2.36. The second-order valence-electron chi connectivity index (χ2n) is 6.87. The van der Waals surface area contributed by atoms with E-state index in [0.29, 0.717) is 6.79 Å². The molecule has 1 fully saturated rings. The Bertz CT molecular complexity index is 929. The van der Waals surface area contributed by atoms with E-state index in [1.54, 1.807) is 0 Å². The second kappa shape index (κ2) is 6.63. The number of nitrogens with one attached hydrogen (secondary N) is 1. The molecule has 132 valence electrons. The highest BCUT2D eigenvalue weighted by molar-refractivity contribution is 5.86. The zero-order valence-corrected chi connectivity index (χ0v) is 14.7. The Labute approximate surface area is 153 Å². The Morgan fingerprint density at radius 3 is 2.58 bits per heavy atom. The van der Waals surface area contributed by atoms with Crippen LogP contribution >= 0.6 is 0 Å². The van der Waals surface area contributed by atoms with E-state index in [-0.39, 0.29) is 6.04 Å². The number of nitrogens with zero attached hydrogens (tertiary/aromatic N) is 1. The van der Waals surface area contributed by atoms with Gasteiger partial charge in [-0.3, -0.25) is 4.90 Å². The fraction of sp³-hybridized carbons (Fsp3) is 0.273. The predicted molar refractivity (Wildman–Crippen MR) is 103 cm³/mol. The SMILES string of the molecule is c1ccc2c(C(c3ccc4c(c3)OCO4)N3CCNCC3)cccc2c1. The van der Waals surface area contributed by atoms with E-state index < -0.39 is 0 Å². The molecule has 0 bridgehead atoms. The molecular formula is C22H22N2O2. The Kier molecular flexibility index (Phi) is 4.00. The van der Waals surface area contributed by atoms with Crippen molar-refractivity contribution in [3.8, 4) is 11.5 Å². The highest BCUT2D eigenvalue weighted by atomic mass is 16.7. The molecule has 5 rings (SSSR count). The minimum Gasteiger partial charge on any atom is -0.454 e. The molecule has 2 heterocycles. The third-order valence-electron chi connectivity index (χ3n) is 5.35. The van der Waals surface area contributed by atoms with Crippen LogP contribution in [0.4, 0.5) is 0 Å². The maximum Gasteiger partial charge on any atom is 0.231 e. The summed E-state index contributed by atoms with van der Waals surface area (Å²) in [7, 11) is 0. The first-order chi connectivity index (χ1) is 12.9. The molecular weight excluding hydrogens is 324 g/mol. The van der Waals surface area contributed by atoms with Crippen LogP contribution in [0.1, 0.15) is 17.2 Å². The average molecular weight is 346 g/mol. The maximum atomic E-state index is 5.65. The van der Waals surface area contributed by atoms with Crippen molar-refractivity contribution < 1.29 is 9.47 Å². The van der Waals surface area contributed by atoms with E-state index in [2.05, 4.69) is 64.8 Å². The molecule has 3 aromatic rings. The molecule has 0 saturated carbocycles. The van der Waals surface area contributed by atoms with Gasteiger partial charge in [0.15, 0.2) is 11.5 Å². The summed E-state index contributed by atoms with van der Waals surface area (Å²) in [4.78, 5) is 2.57. The average Bonchev–Trinajstić information content (AvgIpc) is 3.17. The molecule has 4 heteroatoms. The first kappa shape index (κ1) is 15.7. The lowest BCUT2D eigenvalue weighted by atomic mass is 9.92. The summed E-state index contributed by atoms with van der Waals surface area (Å²) < 4.78 is 11.2. The molecule has 26 heavy (non-hydrogen) atoms. The van der Waals surface area contributed by atoms with E-state index in [0.717, 1.165) is 37.7 Å². The number of hydrogen-bond acceptors (Lipinski definition) is 4. The van der Waals surface area contributed by atoms with Crippen molar-refractivity contribution in [2.75, 3.05) is 33.0 Å². The van der Waals surface area contributed by atoms with Crippen LogP contribution in [-0.2, 0) is 0 Å². The largest absolute Gasteiger partial charge is 0.454 e. The molecule has 2 aliphatic heterocycles. The normalized spacial score (nSPS) is 18.2. The summed E-state index contributed by atoms with van der Waals surface area (Å²) in [5.41, 5.74) is 2.61. The molecule has 0 radical (unpaired) electrons. The molecule has 0 amide bonds. The number of benzene rings is 3. The first-order valence-corrected chi connectivity index (χ1v) is 9.22. The zero-order valence-electron chi connectivity index (χ0n) is 14.7. The van der Waals surface area contributed by atoms with Crippen LogP contribution in [0.3, 0.4) is 0 Å². The lowest BCUT2D eigenvalue weighted by Crippen LogP contribution is -2.45. The van der Waals surface area contributed by atoms with Gasteiger partial charge in [0.25, 0.3) is 0 Å². The van der Waals surface area contributed by atoms with Crippen LogP contribution in [0.15, 0.2) is 60.7 Å². The van der Waals surface area contributed by atoms with Crippen molar-refractivity contribution in [2.45, 2.75) is 6.04 Å². The van der Waals surface area contributed by atoms with E-state index in [4.69, 9.17) is 9.47 Å². The third-order valence-corrected chi connectivity index (χ3v) is 5.35. The molecule has 2 aliphatic rings. The number of fused-ring (bicyclic) bond motifs is 2. The summed E-state index contributed by atoms with van der Waals surface area (Å²) in [6.45, 7) is 4.41. The molecule has 3 aromatic carbocycles. The topological polar surface area (TPSA) is 33.7 Å². The van der Waals surface area contributed by atoms with Gasteiger partial charge in [-0.2, -0.15) is 0 Å². The van der Waals surface area contributed by atoms with E-state index >= 15 is 0 Å². The minimum atomic E-state index is 0.206. The van der Waals surface area contributed by atoms with Crippen LogP contribution in [0.25, 0.3) is 10.8 Å². The van der Waals surface area contributed by atoms with Gasteiger partial charge < -0.3 is 14.8 Å². The smallest absolute Gasteiger partial charge is 0.231 e. The molecule has 0 aliphatic carbocycles. The third kappa shape index (κ3) is 2.71. The summed E-state index contributed by atoms with van der Waals surface area (Å²) in [6, 6.07) is 21.8. The van der Waals surface area contributed by atoms with Gasteiger partial charge in [0, 0.05) is 26.2 Å². The van der Waals surface area contributed by atoms with Gasteiger partial charge in [0.05, 0.1) is 6.04 Å². The second-order valence-corrected chi connectivity index (χ2v) is 6.87. The standard InChI is InChI=1S/C22H22N2O2/c1-2-6-18-16(4-1)5-3-7-19(18)22(24-12-10-23-11-13-24)17-8-9-20-21(14-17)26-15-25-20/h1-9,14,22-23H,10-13,15H2. The molecule has 1 atom stereocenters. The summed E-state index contributed by atoms with van der Waals surface area (Å²) in [6.07, 6.45) is 0. The number of rotatable bonds is 3. The van der Waals surface area contributed by atoms with Crippen LogP contribution < -0.4 is 14.8 Å². The monoisotopic (exact) mass is 346 g/mol. The van der Waals surface area contributed by atoms with Crippen LogP contribution in [0.2, 0.25) is 0 Å². The van der Waals surface area contributed by atoms with Crippen molar-refractivity contribution in [3.05, 3.63) is 71.8 Å². The fourth-order valence-corrected chi connectivity index (χ4v) is 4.10. The van der Waals surface area contributed by atoms with Crippen molar-refractivity contribution >= 4 is 10.8 Å². The molecule has 0 spiro atoms. The van der Waals surface area contributed by atoms with Gasteiger partial charge in [-0.1, -0.05) is 48.5 Å². The van der Waals surface area contributed by atoms with Crippen LogP contribution in [0.5, 0.6) is 11.5 Å². The van der Waals surface area contributed by atoms with Crippen molar-refractivity contribution in [2.24, 2.45) is 0 Å².